The number of rotatable bonds is 15. The zero-order valence-corrected chi connectivity index (χ0v) is 38.5. The fraction of sp³-hybridized carbons (Fsp3) is 0.133. The molecule has 0 spiro atoms. The Morgan fingerprint density at radius 3 is 1.37 bits per heavy atom. The number of benzene rings is 8. The highest BCUT2D eigenvalue weighted by molar-refractivity contribution is 7.23. The summed E-state index contributed by atoms with van der Waals surface area (Å²) in [5, 5.41) is 12.5. The minimum Gasteiger partial charge on any atom is -0.340 e. The van der Waals surface area contributed by atoms with Crippen LogP contribution in [-0.4, -0.2) is 4.57 Å². The van der Waals surface area contributed by atoms with Gasteiger partial charge in [0.05, 0.1) is 11.4 Å². The van der Waals surface area contributed by atoms with E-state index < -0.39 is 0 Å². The molecule has 0 aliphatic carbocycles. The van der Waals surface area contributed by atoms with Crippen molar-refractivity contribution in [3.63, 3.8) is 0 Å². The second-order valence-electron chi connectivity index (χ2n) is 17.2. The zero-order valence-electron chi connectivity index (χ0n) is 36.8. The van der Waals surface area contributed by atoms with Gasteiger partial charge in [-0.05, 0) is 112 Å². The largest absolute Gasteiger partial charge is 0.340 e. The number of hydrogen-bond acceptors (Lipinski definition) is 4. The molecule has 3 aromatic heterocycles. The predicted octanol–water partition coefficient (Wildman–Crippen LogP) is 19.1. The Bertz CT molecular complexity index is 3290. The topological polar surface area (TPSA) is 11.4 Å². The van der Waals surface area contributed by atoms with E-state index in [0.717, 1.165) is 35.5 Å². The van der Waals surface area contributed by atoms with Gasteiger partial charge in [-0.15, -0.1) is 22.7 Å². The Kier molecular flexibility index (Phi) is 11.0. The van der Waals surface area contributed by atoms with Crippen molar-refractivity contribution in [2.75, 3.05) is 9.80 Å². The van der Waals surface area contributed by atoms with Crippen LogP contribution in [0, 0.1) is 0 Å². The van der Waals surface area contributed by atoms with Crippen molar-refractivity contribution in [2.45, 2.75) is 52.0 Å². The van der Waals surface area contributed by atoms with E-state index in [1.54, 1.807) is 0 Å². The van der Waals surface area contributed by atoms with Crippen molar-refractivity contribution in [1.29, 1.82) is 0 Å². The van der Waals surface area contributed by atoms with Crippen molar-refractivity contribution < 1.29 is 0 Å². The fourth-order valence-electron chi connectivity index (χ4n) is 9.74. The minimum atomic E-state index is 0.993. The minimum absolute atomic E-state index is 0.993. The molecule has 0 bridgehead atoms. The summed E-state index contributed by atoms with van der Waals surface area (Å²) in [7, 11) is 0. The quantitative estimate of drug-likeness (QED) is 0.0951. The van der Waals surface area contributed by atoms with Gasteiger partial charge in [-0.25, -0.2) is 0 Å². The Balaban J connectivity index is 1.08. The molecule has 0 unspecified atom stereocenters. The number of fused-ring (bicyclic) bond motifs is 7. The summed E-state index contributed by atoms with van der Waals surface area (Å²) in [5.74, 6) is 0. The monoisotopic (exact) mass is 877 g/mol. The van der Waals surface area contributed by atoms with Crippen LogP contribution in [-0.2, 0) is 6.54 Å². The van der Waals surface area contributed by atoms with Gasteiger partial charge >= 0.3 is 0 Å². The molecule has 0 amide bonds. The van der Waals surface area contributed by atoms with E-state index in [-0.39, 0.29) is 0 Å². The molecule has 3 nitrogen and oxygen atoms in total. The fourth-order valence-corrected chi connectivity index (χ4v) is 12.0. The van der Waals surface area contributed by atoms with Gasteiger partial charge in [-0.3, -0.25) is 0 Å². The summed E-state index contributed by atoms with van der Waals surface area (Å²) < 4.78 is 5.21. The van der Waals surface area contributed by atoms with Gasteiger partial charge in [-0.2, -0.15) is 0 Å². The molecule has 0 saturated carbocycles. The molecule has 65 heavy (non-hydrogen) atoms. The summed E-state index contributed by atoms with van der Waals surface area (Å²) in [6.45, 7) is 11.3. The smallest absolute Gasteiger partial charge is 0.101 e. The third-order valence-electron chi connectivity index (χ3n) is 13.1. The average molecular weight is 878 g/mol. The summed E-state index contributed by atoms with van der Waals surface area (Å²) in [5.41, 5.74) is 9.46. The molecule has 0 fully saturated rings. The number of nitrogens with zero attached hydrogens (tertiary/aromatic N) is 3. The van der Waals surface area contributed by atoms with Crippen LogP contribution in [0.25, 0.3) is 75.7 Å². The lowest BCUT2D eigenvalue weighted by Crippen LogP contribution is -2.08. The molecular formula is C60H51N3S2. The Morgan fingerprint density at radius 2 is 0.892 bits per heavy atom. The van der Waals surface area contributed by atoms with Gasteiger partial charge < -0.3 is 14.4 Å². The lowest BCUT2D eigenvalue weighted by Gasteiger charge is -2.25. The lowest BCUT2D eigenvalue weighted by atomic mass is 10.1. The van der Waals surface area contributed by atoms with Gasteiger partial charge in [0, 0.05) is 59.9 Å². The molecule has 0 aliphatic rings. The molecule has 0 aliphatic heterocycles. The van der Waals surface area contributed by atoms with E-state index in [4.69, 9.17) is 0 Å². The maximum Gasteiger partial charge on any atom is 0.101 e. The first-order valence-corrected chi connectivity index (χ1v) is 24.7. The van der Waals surface area contributed by atoms with E-state index in [2.05, 4.69) is 204 Å². The van der Waals surface area contributed by atoms with Gasteiger partial charge in [0.25, 0.3) is 0 Å². The van der Waals surface area contributed by atoms with E-state index >= 15 is 0 Å². The third kappa shape index (κ3) is 7.59. The summed E-state index contributed by atoms with van der Waals surface area (Å²) in [4.78, 5) is 4.88. The zero-order chi connectivity index (χ0) is 43.9. The number of aryl methyl sites for hydroxylation is 1. The van der Waals surface area contributed by atoms with Crippen molar-refractivity contribution in [3.8, 4) is 0 Å². The van der Waals surface area contributed by atoms with Gasteiger partial charge in [0.2, 0.25) is 0 Å². The highest BCUT2D eigenvalue weighted by Gasteiger charge is 2.22. The van der Waals surface area contributed by atoms with Crippen molar-refractivity contribution in [3.05, 3.63) is 194 Å². The highest BCUT2D eigenvalue weighted by Crippen LogP contribution is 2.48. The van der Waals surface area contributed by atoms with Crippen LogP contribution < -0.4 is 9.80 Å². The average Bonchev–Trinajstić information content (AvgIpc) is 4.04. The Morgan fingerprint density at radius 1 is 0.446 bits per heavy atom. The van der Waals surface area contributed by atoms with Crippen molar-refractivity contribution in [2.24, 2.45) is 0 Å². The number of anilines is 6. The normalized spacial score (nSPS) is 11.7. The second-order valence-corrected chi connectivity index (χ2v) is 19.3. The number of thiophene rings is 2. The molecular weight excluding hydrogens is 827 g/mol. The van der Waals surface area contributed by atoms with Gasteiger partial charge in [-0.1, -0.05) is 161 Å². The van der Waals surface area contributed by atoms with E-state index in [0.29, 0.717) is 0 Å². The SMILES string of the molecule is C=Cc1ccc(N(c2cc3cc4c(cc3s2)c2cc3sc(N(c5ccc(C=C)cc5)c5cccc6ccccc56)cc3cc2n4CCCCCCCC)c2cccc3ccccc23)cc1. The summed E-state index contributed by atoms with van der Waals surface area (Å²) in [6, 6.07) is 63.0. The third-order valence-corrected chi connectivity index (χ3v) is 15.2. The number of hydrogen-bond donors (Lipinski definition) is 0. The first kappa shape index (κ1) is 40.8. The van der Waals surface area contributed by atoms with Crippen LogP contribution in [0.4, 0.5) is 32.8 Å². The Labute approximate surface area is 389 Å². The van der Waals surface area contributed by atoms with Crippen LogP contribution in [0.5, 0.6) is 0 Å². The predicted molar refractivity (Wildman–Crippen MR) is 288 cm³/mol. The molecule has 318 valence electrons. The number of unbranched alkanes of at least 4 members (excludes halogenated alkanes) is 5. The molecule has 3 heterocycles. The van der Waals surface area contributed by atoms with Crippen LogP contribution in [0.1, 0.15) is 56.6 Å². The van der Waals surface area contributed by atoms with E-state index in [1.807, 2.05) is 34.8 Å². The van der Waals surface area contributed by atoms with Crippen LogP contribution >= 0.6 is 22.7 Å². The maximum atomic E-state index is 4.02. The maximum absolute atomic E-state index is 4.02. The molecule has 8 aromatic carbocycles. The first-order valence-electron chi connectivity index (χ1n) is 23.0. The van der Waals surface area contributed by atoms with Crippen LogP contribution in [0.3, 0.4) is 0 Å². The van der Waals surface area contributed by atoms with E-state index in [9.17, 15) is 0 Å². The molecule has 11 rings (SSSR count). The van der Waals surface area contributed by atoms with Crippen LogP contribution in [0.15, 0.2) is 183 Å². The van der Waals surface area contributed by atoms with E-state index in [1.165, 1.54) is 117 Å². The Hall–Kier alpha value is -6.92. The highest BCUT2D eigenvalue weighted by atomic mass is 32.1. The second kappa shape index (κ2) is 17.6. The number of aromatic nitrogens is 1. The van der Waals surface area contributed by atoms with Crippen molar-refractivity contribution >= 4 is 131 Å². The van der Waals surface area contributed by atoms with Crippen molar-refractivity contribution in [1.82, 2.24) is 4.57 Å². The van der Waals surface area contributed by atoms with Crippen LogP contribution in [0.2, 0.25) is 0 Å². The standard InChI is InChI=1S/C60H51N3S2/c1-4-7-8-9-10-15-34-61-55-35-45-37-59(62(47-30-26-41(5-2)27-31-47)53-24-16-20-43-18-11-13-22-49(43)53)64-57(45)39-51(55)52-40-58-46(36-56(52)61)38-60(65-58)63(48-32-28-42(6-3)29-33-48)54-25-17-21-44-19-12-14-23-50(44)54/h5-6,11-14,16-33,35-40H,2-4,7-10,15,34H2,1H3. The summed E-state index contributed by atoms with van der Waals surface area (Å²) in [6.07, 6.45) is 11.4. The van der Waals surface area contributed by atoms with Gasteiger partial charge in [0.15, 0.2) is 0 Å². The van der Waals surface area contributed by atoms with Gasteiger partial charge in [0.1, 0.15) is 10.0 Å². The molecule has 0 atom stereocenters. The molecule has 11 aromatic rings. The molecule has 0 saturated heterocycles. The molecule has 0 N–H and O–H groups in total. The molecule has 0 radical (unpaired) electrons. The lowest BCUT2D eigenvalue weighted by molar-refractivity contribution is 0.571. The molecule has 5 heteroatoms. The summed E-state index contributed by atoms with van der Waals surface area (Å²) >= 11 is 3.74. The first-order chi connectivity index (χ1) is 32.1.